The van der Waals surface area contributed by atoms with Crippen molar-refractivity contribution < 1.29 is 9.47 Å². The number of nitrogens with one attached hydrogen (secondary N) is 1. The minimum atomic E-state index is 0.332. The fraction of sp³-hybridized carbons (Fsp3) is 0.647. The molecule has 1 N–H and O–H groups in total. The zero-order chi connectivity index (χ0) is 14.0. The van der Waals surface area contributed by atoms with E-state index in [9.17, 15) is 0 Å². The maximum Gasteiger partial charge on any atom is 0.145 e. The van der Waals surface area contributed by atoms with Crippen LogP contribution < -0.4 is 14.8 Å². The van der Waals surface area contributed by atoms with E-state index in [0.717, 1.165) is 18.0 Å². The summed E-state index contributed by atoms with van der Waals surface area (Å²) in [6.07, 6.45) is 9.29. The van der Waals surface area contributed by atoms with Crippen LogP contribution in [0.15, 0.2) is 12.1 Å². The predicted molar refractivity (Wildman–Crippen MR) is 82.0 cm³/mol. The lowest BCUT2D eigenvalue weighted by Crippen LogP contribution is -2.34. The Labute approximate surface area is 121 Å². The molecule has 0 saturated heterocycles. The molecule has 0 unspecified atom stereocenters. The molecule has 1 saturated carbocycles. The Kier molecular flexibility index (Phi) is 3.77. The normalized spacial score (nSPS) is 20.7. The molecular formula is C17H25NO2. The summed E-state index contributed by atoms with van der Waals surface area (Å²) in [5.41, 5.74) is 2.95. The highest BCUT2D eigenvalue weighted by atomic mass is 16.5. The van der Waals surface area contributed by atoms with Crippen molar-refractivity contribution >= 4 is 5.69 Å². The standard InChI is InChI=1S/C17H25NO2/c1-19-13-11-14-16(15(12-13)20-2)18-10-9-17(14)7-5-3-4-6-8-17/h11-12,18H,3-10H2,1-2H3. The molecule has 0 amide bonds. The first-order chi connectivity index (χ1) is 9.79. The third-order valence-corrected chi connectivity index (χ3v) is 5.07. The predicted octanol–water partition coefficient (Wildman–Crippen LogP) is 4.11. The quantitative estimate of drug-likeness (QED) is 0.881. The molecule has 3 rings (SSSR count). The molecule has 110 valence electrons. The van der Waals surface area contributed by atoms with E-state index < -0.39 is 0 Å². The molecule has 1 aliphatic heterocycles. The fourth-order valence-electron chi connectivity index (χ4n) is 3.96. The van der Waals surface area contributed by atoms with Crippen molar-refractivity contribution in [1.29, 1.82) is 0 Å². The van der Waals surface area contributed by atoms with Crippen LogP contribution in [0.1, 0.15) is 50.5 Å². The van der Waals surface area contributed by atoms with Crippen LogP contribution in [-0.4, -0.2) is 20.8 Å². The summed E-state index contributed by atoms with van der Waals surface area (Å²) in [6.45, 7) is 1.05. The van der Waals surface area contributed by atoms with E-state index in [4.69, 9.17) is 9.47 Å². The van der Waals surface area contributed by atoms with Gasteiger partial charge < -0.3 is 14.8 Å². The van der Waals surface area contributed by atoms with E-state index in [0.29, 0.717) is 5.41 Å². The van der Waals surface area contributed by atoms with E-state index in [-0.39, 0.29) is 0 Å². The van der Waals surface area contributed by atoms with Crippen LogP contribution in [0.25, 0.3) is 0 Å². The highest BCUT2D eigenvalue weighted by Crippen LogP contribution is 2.50. The van der Waals surface area contributed by atoms with Gasteiger partial charge in [-0.3, -0.25) is 0 Å². The van der Waals surface area contributed by atoms with Crippen LogP contribution in [0, 0.1) is 0 Å². The van der Waals surface area contributed by atoms with Crippen LogP contribution >= 0.6 is 0 Å². The minimum Gasteiger partial charge on any atom is -0.497 e. The molecule has 1 aromatic carbocycles. The number of fused-ring (bicyclic) bond motifs is 2. The Morgan fingerprint density at radius 2 is 1.70 bits per heavy atom. The lowest BCUT2D eigenvalue weighted by atomic mass is 9.69. The van der Waals surface area contributed by atoms with Gasteiger partial charge in [-0.2, -0.15) is 0 Å². The van der Waals surface area contributed by atoms with Crippen molar-refractivity contribution in [3.05, 3.63) is 17.7 Å². The van der Waals surface area contributed by atoms with Crippen molar-refractivity contribution in [2.24, 2.45) is 0 Å². The molecule has 1 fully saturated rings. The highest BCUT2D eigenvalue weighted by molar-refractivity contribution is 5.68. The van der Waals surface area contributed by atoms with Gasteiger partial charge in [-0.25, -0.2) is 0 Å². The molecule has 3 nitrogen and oxygen atoms in total. The Morgan fingerprint density at radius 3 is 2.35 bits per heavy atom. The summed E-state index contributed by atoms with van der Waals surface area (Å²) < 4.78 is 11.1. The van der Waals surface area contributed by atoms with E-state index in [1.807, 2.05) is 6.07 Å². The summed E-state index contributed by atoms with van der Waals surface area (Å²) >= 11 is 0. The smallest absolute Gasteiger partial charge is 0.145 e. The van der Waals surface area contributed by atoms with Crippen LogP contribution in [-0.2, 0) is 5.41 Å². The van der Waals surface area contributed by atoms with Crippen LogP contribution in [0.3, 0.4) is 0 Å². The lowest BCUT2D eigenvalue weighted by molar-refractivity contribution is 0.335. The minimum absolute atomic E-state index is 0.332. The zero-order valence-electron chi connectivity index (χ0n) is 12.6. The van der Waals surface area contributed by atoms with Gasteiger partial charge in [0, 0.05) is 12.6 Å². The van der Waals surface area contributed by atoms with E-state index >= 15 is 0 Å². The Morgan fingerprint density at radius 1 is 0.950 bits per heavy atom. The van der Waals surface area contributed by atoms with Gasteiger partial charge in [0.2, 0.25) is 0 Å². The number of anilines is 1. The first-order valence-electron chi connectivity index (χ1n) is 7.79. The SMILES string of the molecule is COc1cc(OC)c2c(c1)C1(CCCCCC1)CCN2. The second kappa shape index (κ2) is 5.55. The van der Waals surface area contributed by atoms with Crippen LogP contribution in [0.2, 0.25) is 0 Å². The first-order valence-corrected chi connectivity index (χ1v) is 7.79. The third kappa shape index (κ3) is 2.23. The molecule has 0 bridgehead atoms. The molecule has 1 heterocycles. The molecule has 0 atom stereocenters. The second-order valence-corrected chi connectivity index (χ2v) is 6.12. The van der Waals surface area contributed by atoms with Gasteiger partial charge >= 0.3 is 0 Å². The first kappa shape index (κ1) is 13.6. The summed E-state index contributed by atoms with van der Waals surface area (Å²) in [7, 11) is 3.47. The molecule has 2 aliphatic rings. The number of ether oxygens (including phenoxy) is 2. The number of hydrogen-bond acceptors (Lipinski definition) is 3. The van der Waals surface area contributed by atoms with Crippen LogP contribution in [0.4, 0.5) is 5.69 Å². The number of hydrogen-bond donors (Lipinski definition) is 1. The summed E-state index contributed by atoms with van der Waals surface area (Å²) in [6, 6.07) is 4.22. The van der Waals surface area contributed by atoms with Gasteiger partial charge in [0.15, 0.2) is 0 Å². The Bertz CT molecular complexity index is 476. The van der Waals surface area contributed by atoms with Gasteiger partial charge in [-0.15, -0.1) is 0 Å². The second-order valence-electron chi connectivity index (χ2n) is 6.12. The monoisotopic (exact) mass is 275 g/mol. The van der Waals surface area contributed by atoms with Crippen molar-refractivity contribution in [1.82, 2.24) is 0 Å². The maximum atomic E-state index is 5.58. The van der Waals surface area contributed by atoms with Gasteiger partial charge in [0.1, 0.15) is 11.5 Å². The van der Waals surface area contributed by atoms with Gasteiger partial charge in [-0.05, 0) is 36.3 Å². The van der Waals surface area contributed by atoms with E-state index in [1.54, 1.807) is 14.2 Å². The number of rotatable bonds is 2. The molecular weight excluding hydrogens is 250 g/mol. The summed E-state index contributed by atoms with van der Waals surface area (Å²) in [4.78, 5) is 0. The summed E-state index contributed by atoms with van der Waals surface area (Å²) in [5, 5.41) is 3.54. The average Bonchev–Trinajstić information content (AvgIpc) is 2.73. The molecule has 1 aromatic rings. The Hall–Kier alpha value is -1.38. The zero-order valence-corrected chi connectivity index (χ0v) is 12.6. The molecule has 0 radical (unpaired) electrons. The van der Waals surface area contributed by atoms with Crippen molar-refractivity contribution in [3.63, 3.8) is 0 Å². The maximum absolute atomic E-state index is 5.58. The number of methoxy groups -OCH3 is 2. The topological polar surface area (TPSA) is 30.5 Å². The summed E-state index contributed by atoms with van der Waals surface area (Å²) in [5.74, 6) is 1.83. The average molecular weight is 275 g/mol. The third-order valence-electron chi connectivity index (χ3n) is 5.07. The van der Waals surface area contributed by atoms with E-state index in [2.05, 4.69) is 11.4 Å². The Balaban J connectivity index is 2.10. The van der Waals surface area contributed by atoms with Crippen LogP contribution in [0.5, 0.6) is 11.5 Å². The largest absolute Gasteiger partial charge is 0.497 e. The van der Waals surface area contributed by atoms with Gasteiger partial charge in [-0.1, -0.05) is 25.7 Å². The van der Waals surface area contributed by atoms with Crippen molar-refractivity contribution in [2.45, 2.75) is 50.4 Å². The fourth-order valence-corrected chi connectivity index (χ4v) is 3.96. The number of benzene rings is 1. The van der Waals surface area contributed by atoms with Crippen molar-refractivity contribution in [3.8, 4) is 11.5 Å². The lowest BCUT2D eigenvalue weighted by Gasteiger charge is -2.40. The highest BCUT2D eigenvalue weighted by Gasteiger charge is 2.38. The van der Waals surface area contributed by atoms with Crippen molar-refractivity contribution in [2.75, 3.05) is 26.1 Å². The molecule has 20 heavy (non-hydrogen) atoms. The van der Waals surface area contributed by atoms with Gasteiger partial charge in [0.25, 0.3) is 0 Å². The molecule has 3 heteroatoms. The molecule has 0 aromatic heterocycles. The molecule has 1 aliphatic carbocycles. The van der Waals surface area contributed by atoms with Gasteiger partial charge in [0.05, 0.1) is 19.9 Å². The van der Waals surface area contributed by atoms with E-state index in [1.165, 1.54) is 56.2 Å². The molecule has 1 spiro atoms.